The number of carboxylic acids is 1. The number of methoxy groups -OCH3 is 1. The summed E-state index contributed by atoms with van der Waals surface area (Å²) >= 11 is 0. The summed E-state index contributed by atoms with van der Waals surface area (Å²) in [4.78, 5) is 10.8. The molecule has 0 heterocycles. The van der Waals surface area contributed by atoms with Crippen LogP contribution in [0.1, 0.15) is 31.4 Å². The number of hydrogen-bond donors (Lipinski definition) is 1. The Morgan fingerprint density at radius 1 is 1.41 bits per heavy atom. The molecule has 0 radical (unpaired) electrons. The standard InChI is InChI=1S/C14H20O3/c1-10-7-11(5-6-12(10)17-4)8-14(2,3)9-13(15)16/h5-7H,8-9H2,1-4H3,(H,15,16). The first kappa shape index (κ1) is 13.6. The monoisotopic (exact) mass is 236 g/mol. The summed E-state index contributed by atoms with van der Waals surface area (Å²) in [7, 11) is 1.65. The van der Waals surface area contributed by atoms with Crippen LogP contribution in [-0.2, 0) is 11.2 Å². The maximum atomic E-state index is 10.8. The van der Waals surface area contributed by atoms with Crippen LogP contribution in [0.15, 0.2) is 18.2 Å². The van der Waals surface area contributed by atoms with Crippen LogP contribution in [0.25, 0.3) is 0 Å². The van der Waals surface area contributed by atoms with Crippen LogP contribution in [0.5, 0.6) is 5.75 Å². The van der Waals surface area contributed by atoms with Gasteiger partial charge in [0.2, 0.25) is 0 Å². The summed E-state index contributed by atoms with van der Waals surface area (Å²) in [5.41, 5.74) is 2.00. The van der Waals surface area contributed by atoms with E-state index in [9.17, 15) is 4.79 Å². The zero-order valence-corrected chi connectivity index (χ0v) is 10.9. The van der Waals surface area contributed by atoms with E-state index in [0.29, 0.717) is 0 Å². The molecule has 1 aromatic carbocycles. The molecule has 0 aliphatic carbocycles. The lowest BCUT2D eigenvalue weighted by molar-refractivity contribution is -0.139. The summed E-state index contributed by atoms with van der Waals surface area (Å²) < 4.78 is 5.20. The molecule has 3 heteroatoms. The highest BCUT2D eigenvalue weighted by Gasteiger charge is 2.22. The second-order valence-electron chi connectivity index (χ2n) is 5.22. The second-order valence-corrected chi connectivity index (χ2v) is 5.22. The van der Waals surface area contributed by atoms with Gasteiger partial charge in [-0.25, -0.2) is 0 Å². The van der Waals surface area contributed by atoms with E-state index >= 15 is 0 Å². The minimum atomic E-state index is -0.750. The Balaban J connectivity index is 2.81. The number of aryl methyl sites for hydroxylation is 1. The molecule has 0 atom stereocenters. The van der Waals surface area contributed by atoms with E-state index in [4.69, 9.17) is 9.84 Å². The van der Waals surface area contributed by atoms with Gasteiger partial charge in [-0.2, -0.15) is 0 Å². The lowest BCUT2D eigenvalue weighted by Gasteiger charge is -2.22. The van der Waals surface area contributed by atoms with Crippen LogP contribution < -0.4 is 4.74 Å². The molecule has 0 amide bonds. The highest BCUT2D eigenvalue weighted by atomic mass is 16.5. The largest absolute Gasteiger partial charge is 0.496 e. The fraction of sp³-hybridized carbons (Fsp3) is 0.500. The van der Waals surface area contributed by atoms with Gasteiger partial charge < -0.3 is 9.84 Å². The number of aliphatic carboxylic acids is 1. The van der Waals surface area contributed by atoms with Crippen molar-refractivity contribution >= 4 is 5.97 Å². The number of carboxylic acid groups (broad SMARTS) is 1. The molecule has 0 aliphatic heterocycles. The first-order chi connectivity index (χ1) is 7.84. The quantitative estimate of drug-likeness (QED) is 0.854. The molecular formula is C14H20O3. The number of hydrogen-bond acceptors (Lipinski definition) is 2. The van der Waals surface area contributed by atoms with Gasteiger partial charge in [0, 0.05) is 0 Å². The molecule has 94 valence electrons. The van der Waals surface area contributed by atoms with Crippen molar-refractivity contribution in [3.8, 4) is 5.75 Å². The van der Waals surface area contributed by atoms with Gasteiger partial charge in [0.15, 0.2) is 0 Å². The molecule has 0 saturated carbocycles. The highest BCUT2D eigenvalue weighted by Crippen LogP contribution is 2.28. The van der Waals surface area contributed by atoms with Gasteiger partial charge in [-0.1, -0.05) is 26.0 Å². The molecule has 1 N–H and O–H groups in total. The molecule has 0 saturated heterocycles. The molecule has 0 spiro atoms. The van der Waals surface area contributed by atoms with Crippen molar-refractivity contribution in [2.45, 2.75) is 33.6 Å². The maximum Gasteiger partial charge on any atom is 0.303 e. The number of carbonyl (C=O) groups is 1. The van der Waals surface area contributed by atoms with Crippen LogP contribution in [0.2, 0.25) is 0 Å². The van der Waals surface area contributed by atoms with Crippen molar-refractivity contribution in [3.05, 3.63) is 29.3 Å². The van der Waals surface area contributed by atoms with Crippen molar-refractivity contribution in [1.82, 2.24) is 0 Å². The fourth-order valence-corrected chi connectivity index (χ4v) is 2.07. The minimum absolute atomic E-state index is 0.179. The smallest absolute Gasteiger partial charge is 0.303 e. The SMILES string of the molecule is COc1ccc(CC(C)(C)CC(=O)O)cc1C. The molecule has 0 unspecified atom stereocenters. The Labute approximate surface area is 102 Å². The average molecular weight is 236 g/mol. The highest BCUT2D eigenvalue weighted by molar-refractivity contribution is 5.67. The molecule has 1 aromatic rings. The van der Waals surface area contributed by atoms with Crippen molar-refractivity contribution < 1.29 is 14.6 Å². The average Bonchev–Trinajstić information content (AvgIpc) is 2.14. The van der Waals surface area contributed by atoms with Gasteiger partial charge in [0.1, 0.15) is 5.75 Å². The summed E-state index contributed by atoms with van der Waals surface area (Å²) in [5, 5.41) is 8.84. The van der Waals surface area contributed by atoms with Crippen LogP contribution in [0.4, 0.5) is 0 Å². The van der Waals surface area contributed by atoms with E-state index in [1.165, 1.54) is 0 Å². The third-order valence-corrected chi connectivity index (χ3v) is 2.77. The van der Waals surface area contributed by atoms with Crippen LogP contribution in [0, 0.1) is 12.3 Å². The minimum Gasteiger partial charge on any atom is -0.496 e. The Morgan fingerprint density at radius 3 is 2.53 bits per heavy atom. The van der Waals surface area contributed by atoms with Crippen molar-refractivity contribution in [2.24, 2.45) is 5.41 Å². The predicted molar refractivity (Wildman–Crippen MR) is 67.5 cm³/mol. The van der Waals surface area contributed by atoms with E-state index in [1.807, 2.05) is 32.9 Å². The summed E-state index contributed by atoms with van der Waals surface area (Å²) in [5.74, 6) is 0.116. The van der Waals surface area contributed by atoms with E-state index in [1.54, 1.807) is 7.11 Å². The van der Waals surface area contributed by atoms with Crippen LogP contribution in [-0.4, -0.2) is 18.2 Å². The molecule has 1 rings (SSSR count). The Kier molecular flexibility index (Phi) is 4.16. The van der Waals surface area contributed by atoms with Gasteiger partial charge in [0.25, 0.3) is 0 Å². The molecule has 17 heavy (non-hydrogen) atoms. The lowest BCUT2D eigenvalue weighted by Crippen LogP contribution is -2.19. The van der Waals surface area contributed by atoms with Crippen LogP contribution in [0.3, 0.4) is 0 Å². The molecule has 0 fully saturated rings. The molecule has 3 nitrogen and oxygen atoms in total. The zero-order valence-electron chi connectivity index (χ0n) is 10.9. The van der Waals surface area contributed by atoms with Gasteiger partial charge in [-0.3, -0.25) is 4.79 Å². The van der Waals surface area contributed by atoms with E-state index in [-0.39, 0.29) is 11.8 Å². The summed E-state index contributed by atoms with van der Waals surface area (Å²) in [6.45, 7) is 5.94. The predicted octanol–water partition coefficient (Wildman–Crippen LogP) is 3.05. The van der Waals surface area contributed by atoms with E-state index in [2.05, 4.69) is 6.07 Å². The third kappa shape index (κ3) is 4.10. The first-order valence-corrected chi connectivity index (χ1v) is 5.69. The van der Waals surface area contributed by atoms with Gasteiger partial charge in [-0.15, -0.1) is 0 Å². The van der Waals surface area contributed by atoms with Gasteiger partial charge in [0.05, 0.1) is 13.5 Å². The topological polar surface area (TPSA) is 46.5 Å². The maximum absolute atomic E-state index is 10.8. The van der Waals surface area contributed by atoms with Crippen molar-refractivity contribution in [2.75, 3.05) is 7.11 Å². The van der Waals surface area contributed by atoms with E-state index in [0.717, 1.165) is 23.3 Å². The summed E-state index contributed by atoms with van der Waals surface area (Å²) in [6.07, 6.45) is 0.933. The first-order valence-electron chi connectivity index (χ1n) is 5.69. The van der Waals surface area contributed by atoms with Gasteiger partial charge >= 0.3 is 5.97 Å². The fourth-order valence-electron chi connectivity index (χ4n) is 2.07. The number of rotatable bonds is 5. The number of benzene rings is 1. The Hall–Kier alpha value is -1.51. The number of ether oxygens (including phenoxy) is 1. The van der Waals surface area contributed by atoms with Crippen LogP contribution >= 0.6 is 0 Å². The van der Waals surface area contributed by atoms with E-state index < -0.39 is 5.97 Å². The van der Waals surface area contributed by atoms with Gasteiger partial charge in [-0.05, 0) is 36.0 Å². The molecule has 0 bridgehead atoms. The molecule has 0 aromatic heterocycles. The zero-order chi connectivity index (χ0) is 13.1. The van der Waals surface area contributed by atoms with Crippen molar-refractivity contribution in [1.29, 1.82) is 0 Å². The second kappa shape index (κ2) is 5.21. The lowest BCUT2D eigenvalue weighted by atomic mass is 9.82. The molecular weight excluding hydrogens is 216 g/mol. The Morgan fingerprint density at radius 2 is 2.06 bits per heavy atom. The normalized spacial score (nSPS) is 11.3. The third-order valence-electron chi connectivity index (χ3n) is 2.77. The van der Waals surface area contributed by atoms with Crippen molar-refractivity contribution in [3.63, 3.8) is 0 Å². The summed E-state index contributed by atoms with van der Waals surface area (Å²) in [6, 6.07) is 5.99. The Bertz CT molecular complexity index is 408. The molecule has 0 aliphatic rings.